The van der Waals surface area contributed by atoms with Crippen molar-refractivity contribution in [1.82, 2.24) is 0 Å². The van der Waals surface area contributed by atoms with Crippen molar-refractivity contribution in [3.63, 3.8) is 0 Å². The Morgan fingerprint density at radius 3 is 2.50 bits per heavy atom. The molecule has 0 aromatic carbocycles. The van der Waals surface area contributed by atoms with Gasteiger partial charge >= 0.3 is 12.3 Å². The van der Waals surface area contributed by atoms with E-state index in [1.54, 1.807) is 0 Å². The first-order valence-corrected chi connectivity index (χ1v) is 2.77. The van der Waals surface area contributed by atoms with Crippen molar-refractivity contribution in [1.29, 1.82) is 0 Å². The van der Waals surface area contributed by atoms with Gasteiger partial charge in [-0.05, 0) is 6.42 Å². The molecule has 0 atom stereocenters. The van der Waals surface area contributed by atoms with Crippen LogP contribution < -0.4 is 0 Å². The second kappa shape index (κ2) is 3.34. The predicted octanol–water partition coefficient (Wildman–Crippen LogP) is 2.07. The summed E-state index contributed by atoms with van der Waals surface area (Å²) in [4.78, 5) is 9.59. The Hall–Kier alpha value is -0.870. The zero-order chi connectivity index (χ0) is 8.20. The van der Waals surface area contributed by atoms with E-state index in [0.717, 1.165) is 0 Å². The lowest BCUT2D eigenvalue weighted by molar-refractivity contribution is -0.211. The molecule has 0 amide bonds. The van der Waals surface area contributed by atoms with Gasteiger partial charge in [-0.2, -0.15) is 8.78 Å². The molecule has 0 rings (SSSR count). The van der Waals surface area contributed by atoms with Gasteiger partial charge in [0.05, 0.1) is 6.42 Å². The molecule has 0 unspecified atom stereocenters. The van der Waals surface area contributed by atoms with Crippen molar-refractivity contribution in [3.05, 3.63) is 0 Å². The van der Waals surface area contributed by atoms with Gasteiger partial charge < -0.3 is 9.84 Å². The lowest BCUT2D eigenvalue weighted by Crippen LogP contribution is -2.23. The molecule has 0 aliphatic heterocycles. The van der Waals surface area contributed by atoms with Crippen LogP contribution in [0.5, 0.6) is 0 Å². The standard InChI is InChI=1S/C5H8F2O3/c1-2-3-5(6,7)10-4(8)9/h2-3H2,1H3,(H,8,9). The highest BCUT2D eigenvalue weighted by atomic mass is 19.3. The summed E-state index contributed by atoms with van der Waals surface area (Å²) >= 11 is 0. The smallest absolute Gasteiger partial charge is 0.450 e. The fourth-order valence-electron chi connectivity index (χ4n) is 0.470. The molecule has 0 bridgehead atoms. The van der Waals surface area contributed by atoms with Gasteiger partial charge in [0.25, 0.3) is 0 Å². The zero-order valence-corrected chi connectivity index (χ0v) is 5.43. The van der Waals surface area contributed by atoms with E-state index < -0.39 is 18.7 Å². The molecule has 5 heteroatoms. The maximum absolute atomic E-state index is 12.1. The largest absolute Gasteiger partial charge is 0.510 e. The van der Waals surface area contributed by atoms with Gasteiger partial charge in [-0.25, -0.2) is 4.79 Å². The predicted molar refractivity (Wildman–Crippen MR) is 29.0 cm³/mol. The van der Waals surface area contributed by atoms with Crippen LogP contribution in [0, 0.1) is 0 Å². The van der Waals surface area contributed by atoms with E-state index >= 15 is 0 Å². The summed E-state index contributed by atoms with van der Waals surface area (Å²) in [6.45, 7) is 1.51. The average Bonchev–Trinajstić information content (AvgIpc) is 1.59. The molecule has 60 valence electrons. The Bertz CT molecular complexity index is 124. The summed E-state index contributed by atoms with van der Waals surface area (Å²) in [7, 11) is 0. The molecule has 0 heterocycles. The lowest BCUT2D eigenvalue weighted by atomic mass is 10.3. The number of hydrogen-bond acceptors (Lipinski definition) is 2. The highest BCUT2D eigenvalue weighted by Crippen LogP contribution is 2.21. The summed E-state index contributed by atoms with van der Waals surface area (Å²) in [5.41, 5.74) is 0. The maximum atomic E-state index is 12.1. The fraction of sp³-hybridized carbons (Fsp3) is 0.800. The van der Waals surface area contributed by atoms with E-state index in [2.05, 4.69) is 4.74 Å². The van der Waals surface area contributed by atoms with E-state index in [1.807, 2.05) is 0 Å². The zero-order valence-electron chi connectivity index (χ0n) is 5.43. The Morgan fingerprint density at radius 1 is 1.70 bits per heavy atom. The minimum atomic E-state index is -3.53. The van der Waals surface area contributed by atoms with E-state index in [9.17, 15) is 13.6 Å². The van der Waals surface area contributed by atoms with Crippen molar-refractivity contribution < 1.29 is 23.4 Å². The molecule has 0 spiro atoms. The SMILES string of the molecule is CCCC(F)(F)OC(=O)O. The summed E-state index contributed by atoms with van der Waals surface area (Å²) < 4.78 is 27.4. The Morgan fingerprint density at radius 2 is 2.20 bits per heavy atom. The summed E-state index contributed by atoms with van der Waals surface area (Å²) in [5.74, 6) is 0. The summed E-state index contributed by atoms with van der Waals surface area (Å²) in [5, 5.41) is 7.77. The van der Waals surface area contributed by atoms with Crippen LogP contribution in [0.2, 0.25) is 0 Å². The van der Waals surface area contributed by atoms with Gasteiger partial charge in [0.1, 0.15) is 0 Å². The van der Waals surface area contributed by atoms with Gasteiger partial charge in [-0.1, -0.05) is 6.92 Å². The van der Waals surface area contributed by atoms with Crippen molar-refractivity contribution in [3.8, 4) is 0 Å². The van der Waals surface area contributed by atoms with Crippen LogP contribution in [0.25, 0.3) is 0 Å². The number of carboxylic acid groups (broad SMARTS) is 1. The molecular weight excluding hydrogens is 146 g/mol. The molecule has 3 nitrogen and oxygen atoms in total. The van der Waals surface area contributed by atoms with Gasteiger partial charge in [0, 0.05) is 0 Å². The van der Waals surface area contributed by atoms with E-state index in [-0.39, 0.29) is 6.42 Å². The highest BCUT2D eigenvalue weighted by Gasteiger charge is 2.32. The second-order valence-corrected chi connectivity index (χ2v) is 1.76. The molecule has 0 radical (unpaired) electrons. The van der Waals surface area contributed by atoms with Crippen molar-refractivity contribution in [2.75, 3.05) is 0 Å². The minimum absolute atomic E-state index is 0.181. The summed E-state index contributed by atoms with van der Waals surface area (Å²) in [6.07, 6.45) is -5.86. The summed E-state index contributed by atoms with van der Waals surface area (Å²) in [6, 6.07) is 0. The van der Waals surface area contributed by atoms with Crippen LogP contribution in [0.4, 0.5) is 13.6 Å². The average molecular weight is 154 g/mol. The number of alkyl halides is 2. The third kappa shape index (κ3) is 4.05. The van der Waals surface area contributed by atoms with Crippen molar-refractivity contribution in [2.45, 2.75) is 25.9 Å². The molecule has 0 aliphatic rings. The second-order valence-electron chi connectivity index (χ2n) is 1.76. The third-order valence-electron chi connectivity index (χ3n) is 0.778. The van der Waals surface area contributed by atoms with Crippen LogP contribution in [0.15, 0.2) is 0 Å². The van der Waals surface area contributed by atoms with Crippen LogP contribution in [0.3, 0.4) is 0 Å². The van der Waals surface area contributed by atoms with Crippen molar-refractivity contribution in [2.24, 2.45) is 0 Å². The normalized spacial score (nSPS) is 11.1. The van der Waals surface area contributed by atoms with Crippen LogP contribution in [0.1, 0.15) is 19.8 Å². The number of ether oxygens (including phenoxy) is 1. The maximum Gasteiger partial charge on any atom is 0.510 e. The molecule has 0 fully saturated rings. The fourth-order valence-corrected chi connectivity index (χ4v) is 0.470. The quantitative estimate of drug-likeness (QED) is 0.633. The third-order valence-corrected chi connectivity index (χ3v) is 0.778. The van der Waals surface area contributed by atoms with Crippen LogP contribution in [-0.2, 0) is 4.74 Å². The van der Waals surface area contributed by atoms with E-state index in [0.29, 0.717) is 0 Å². The molecule has 0 aromatic rings. The van der Waals surface area contributed by atoms with Gasteiger partial charge in [-0.3, -0.25) is 0 Å². The number of carbonyl (C=O) groups is 1. The number of hydrogen-bond donors (Lipinski definition) is 1. The first-order valence-electron chi connectivity index (χ1n) is 2.77. The highest BCUT2D eigenvalue weighted by molar-refractivity contribution is 5.57. The molecule has 0 saturated carbocycles. The van der Waals surface area contributed by atoms with Crippen LogP contribution in [-0.4, -0.2) is 17.4 Å². The van der Waals surface area contributed by atoms with Gasteiger partial charge in [0.2, 0.25) is 0 Å². The number of halogens is 2. The molecule has 0 aliphatic carbocycles. The van der Waals surface area contributed by atoms with Gasteiger partial charge in [-0.15, -0.1) is 0 Å². The minimum Gasteiger partial charge on any atom is -0.450 e. The number of rotatable bonds is 3. The topological polar surface area (TPSA) is 46.5 Å². The molecule has 10 heavy (non-hydrogen) atoms. The van der Waals surface area contributed by atoms with E-state index in [1.165, 1.54) is 6.92 Å². The first kappa shape index (κ1) is 9.13. The monoisotopic (exact) mass is 154 g/mol. The van der Waals surface area contributed by atoms with Gasteiger partial charge in [0.15, 0.2) is 0 Å². The Labute approximate surface area is 56.6 Å². The first-order chi connectivity index (χ1) is 4.48. The molecule has 0 aromatic heterocycles. The Kier molecular flexibility index (Phi) is 3.05. The lowest BCUT2D eigenvalue weighted by Gasteiger charge is -2.12. The Balaban J connectivity index is 3.74. The molecule has 0 saturated heterocycles. The van der Waals surface area contributed by atoms with E-state index in [4.69, 9.17) is 5.11 Å². The van der Waals surface area contributed by atoms with Crippen molar-refractivity contribution >= 4 is 6.16 Å². The molecular formula is C5H8F2O3. The van der Waals surface area contributed by atoms with Crippen LogP contribution >= 0.6 is 0 Å². The molecule has 1 N–H and O–H groups in total.